The van der Waals surface area contributed by atoms with Gasteiger partial charge in [0.05, 0.1) is 17.1 Å². The highest BCUT2D eigenvalue weighted by atomic mass is 16.5. The highest BCUT2D eigenvalue weighted by Crippen LogP contribution is 2.19. The maximum Gasteiger partial charge on any atom is 0.132 e. The van der Waals surface area contributed by atoms with E-state index in [1.54, 1.807) is 31.6 Å². The zero-order valence-corrected chi connectivity index (χ0v) is 16.4. The van der Waals surface area contributed by atoms with Gasteiger partial charge in [-0.2, -0.15) is 0 Å². The average Bonchev–Trinajstić information content (AvgIpc) is 2.69. The van der Waals surface area contributed by atoms with E-state index < -0.39 is 0 Å². The van der Waals surface area contributed by atoms with Gasteiger partial charge in [-0.3, -0.25) is 4.98 Å². The fraction of sp³-hybridized carbons (Fsp3) is 0.250. The van der Waals surface area contributed by atoms with E-state index in [1.165, 1.54) is 12.4 Å². The average molecular weight is 381 g/mol. The first-order valence-electron chi connectivity index (χ1n) is 8.95. The molecule has 8 nitrogen and oxygen atoms in total. The summed E-state index contributed by atoms with van der Waals surface area (Å²) in [5.41, 5.74) is 15.5. The third-order valence-corrected chi connectivity index (χ3v) is 4.00. The molecule has 0 saturated carbocycles. The van der Waals surface area contributed by atoms with Crippen molar-refractivity contribution in [2.45, 2.75) is 20.0 Å². The standard InChI is InChI=1S/C20H27N7O/c1-4-28-13(2)14(9-21)8-19(23)27-20-6-5-17-18(26-20)7-15(12-25-17)16(10-22)11-24-3/h5-13,22,24H,4,21,23H2,1-3H3,(H,26,27)/b14-9+,16-11+,19-8+,22-10?. The third kappa shape index (κ3) is 5.31. The van der Waals surface area contributed by atoms with Gasteiger partial charge in [-0.25, -0.2) is 4.98 Å². The van der Waals surface area contributed by atoms with Gasteiger partial charge in [0.2, 0.25) is 0 Å². The summed E-state index contributed by atoms with van der Waals surface area (Å²) in [5, 5.41) is 13.5. The number of fused-ring (bicyclic) bond motifs is 1. The maximum absolute atomic E-state index is 7.55. The fourth-order valence-electron chi connectivity index (χ4n) is 2.61. The van der Waals surface area contributed by atoms with Crippen molar-refractivity contribution in [2.75, 3.05) is 19.0 Å². The molecule has 2 aromatic rings. The van der Waals surface area contributed by atoms with Crippen LogP contribution in [0.25, 0.3) is 16.6 Å². The second-order valence-electron chi connectivity index (χ2n) is 5.98. The SMILES string of the molecule is CCOC(C)C(/C=C(\N)Nc1ccc2ncc(/C(C=N)=C/NC)cc2n1)=C/N. The van der Waals surface area contributed by atoms with Crippen LogP contribution < -0.4 is 22.1 Å². The third-order valence-electron chi connectivity index (χ3n) is 4.00. The van der Waals surface area contributed by atoms with E-state index in [-0.39, 0.29) is 6.10 Å². The predicted octanol–water partition coefficient (Wildman–Crippen LogP) is 2.32. The Morgan fingerprint density at radius 3 is 2.79 bits per heavy atom. The molecule has 148 valence electrons. The molecule has 0 spiro atoms. The number of allylic oxidation sites excluding steroid dienone is 1. The number of anilines is 1. The Bertz CT molecular complexity index is 918. The molecule has 0 fully saturated rings. The summed E-state index contributed by atoms with van der Waals surface area (Å²) in [5.74, 6) is 0.976. The van der Waals surface area contributed by atoms with Gasteiger partial charge in [0.25, 0.3) is 0 Å². The largest absolute Gasteiger partial charge is 0.404 e. The molecule has 0 radical (unpaired) electrons. The minimum atomic E-state index is -0.162. The summed E-state index contributed by atoms with van der Waals surface area (Å²) in [4.78, 5) is 8.98. The molecule has 1 unspecified atom stereocenters. The smallest absolute Gasteiger partial charge is 0.132 e. The number of nitrogens with zero attached hydrogens (tertiary/aromatic N) is 2. The monoisotopic (exact) mass is 381 g/mol. The number of ether oxygens (including phenoxy) is 1. The van der Waals surface area contributed by atoms with E-state index in [1.807, 2.05) is 26.0 Å². The summed E-state index contributed by atoms with van der Waals surface area (Å²) in [6.07, 6.45) is 7.76. The molecule has 0 aliphatic heterocycles. The van der Waals surface area contributed by atoms with Crippen LogP contribution in [-0.2, 0) is 4.74 Å². The normalized spacial score (nSPS) is 14.0. The van der Waals surface area contributed by atoms with Gasteiger partial charge in [0.15, 0.2) is 0 Å². The lowest BCUT2D eigenvalue weighted by atomic mass is 10.1. The van der Waals surface area contributed by atoms with Crippen molar-refractivity contribution < 1.29 is 4.74 Å². The van der Waals surface area contributed by atoms with E-state index in [9.17, 15) is 0 Å². The molecule has 0 aliphatic rings. The topological polar surface area (TPSA) is 135 Å². The molecule has 2 aromatic heterocycles. The van der Waals surface area contributed by atoms with Gasteiger partial charge < -0.3 is 32.2 Å². The van der Waals surface area contributed by atoms with Crippen molar-refractivity contribution in [3.63, 3.8) is 0 Å². The molecule has 0 saturated heterocycles. The van der Waals surface area contributed by atoms with Crippen LogP contribution in [0, 0.1) is 5.41 Å². The van der Waals surface area contributed by atoms with Gasteiger partial charge in [-0.05, 0) is 49.9 Å². The summed E-state index contributed by atoms with van der Waals surface area (Å²) >= 11 is 0. The summed E-state index contributed by atoms with van der Waals surface area (Å²) in [6, 6.07) is 5.54. The van der Waals surface area contributed by atoms with Crippen molar-refractivity contribution >= 4 is 28.6 Å². The Labute approximate surface area is 164 Å². The molecule has 2 rings (SSSR count). The lowest BCUT2D eigenvalue weighted by molar-refractivity contribution is 0.103. The quantitative estimate of drug-likeness (QED) is 0.332. The van der Waals surface area contributed by atoms with E-state index >= 15 is 0 Å². The van der Waals surface area contributed by atoms with Crippen LogP contribution in [0.2, 0.25) is 0 Å². The Hall–Kier alpha value is -3.39. The maximum atomic E-state index is 7.55. The molecular weight excluding hydrogens is 354 g/mol. The first kappa shape index (κ1) is 20.9. The molecule has 0 amide bonds. The minimum Gasteiger partial charge on any atom is -0.404 e. The predicted molar refractivity (Wildman–Crippen MR) is 115 cm³/mol. The van der Waals surface area contributed by atoms with Crippen LogP contribution in [-0.4, -0.2) is 35.9 Å². The van der Waals surface area contributed by atoms with Gasteiger partial charge in [0.1, 0.15) is 11.6 Å². The zero-order valence-electron chi connectivity index (χ0n) is 16.4. The van der Waals surface area contributed by atoms with Crippen LogP contribution in [0.5, 0.6) is 0 Å². The summed E-state index contributed by atoms with van der Waals surface area (Å²) < 4.78 is 5.54. The minimum absolute atomic E-state index is 0.162. The number of nitrogens with two attached hydrogens (primary N) is 2. The van der Waals surface area contributed by atoms with E-state index in [4.69, 9.17) is 21.6 Å². The Balaban J connectivity index is 2.28. The number of nitrogens with one attached hydrogen (secondary N) is 3. The number of pyridine rings is 2. The fourth-order valence-corrected chi connectivity index (χ4v) is 2.61. The van der Waals surface area contributed by atoms with Crippen LogP contribution >= 0.6 is 0 Å². The second-order valence-corrected chi connectivity index (χ2v) is 5.98. The lowest BCUT2D eigenvalue weighted by Gasteiger charge is -2.14. The number of aromatic nitrogens is 2. The molecule has 0 aliphatic carbocycles. The van der Waals surface area contributed by atoms with Crippen LogP contribution in [0.3, 0.4) is 0 Å². The van der Waals surface area contributed by atoms with E-state index in [0.29, 0.717) is 29.3 Å². The molecule has 1 atom stereocenters. The molecule has 0 bridgehead atoms. The first-order valence-corrected chi connectivity index (χ1v) is 8.95. The molecule has 28 heavy (non-hydrogen) atoms. The van der Waals surface area contributed by atoms with E-state index in [2.05, 4.69) is 20.6 Å². The van der Waals surface area contributed by atoms with E-state index in [0.717, 1.165) is 16.7 Å². The van der Waals surface area contributed by atoms with Crippen LogP contribution in [0.15, 0.2) is 54.3 Å². The lowest BCUT2D eigenvalue weighted by Crippen LogP contribution is -2.16. The number of hydrogen-bond acceptors (Lipinski definition) is 8. The molecule has 7 N–H and O–H groups in total. The zero-order chi connectivity index (χ0) is 20.5. The van der Waals surface area contributed by atoms with Gasteiger partial charge in [-0.15, -0.1) is 0 Å². The number of rotatable bonds is 9. The van der Waals surface area contributed by atoms with Crippen molar-refractivity contribution in [3.05, 3.63) is 59.8 Å². The molecular formula is C20H27N7O. The van der Waals surface area contributed by atoms with Gasteiger partial charge >= 0.3 is 0 Å². The van der Waals surface area contributed by atoms with Gasteiger partial charge in [-0.1, -0.05) is 0 Å². The van der Waals surface area contributed by atoms with Crippen LogP contribution in [0.4, 0.5) is 5.82 Å². The Morgan fingerprint density at radius 2 is 2.14 bits per heavy atom. The van der Waals surface area contributed by atoms with Crippen molar-refractivity contribution in [3.8, 4) is 0 Å². The van der Waals surface area contributed by atoms with Crippen molar-refractivity contribution in [1.82, 2.24) is 15.3 Å². The summed E-state index contributed by atoms with van der Waals surface area (Å²) in [7, 11) is 1.78. The van der Waals surface area contributed by atoms with Crippen LogP contribution in [0.1, 0.15) is 19.4 Å². The van der Waals surface area contributed by atoms with Gasteiger partial charge in [0, 0.05) is 43.4 Å². The van der Waals surface area contributed by atoms with Crippen molar-refractivity contribution in [2.24, 2.45) is 11.5 Å². The molecule has 8 heteroatoms. The second kappa shape index (κ2) is 10.1. The van der Waals surface area contributed by atoms with Crippen molar-refractivity contribution in [1.29, 1.82) is 5.41 Å². The Morgan fingerprint density at radius 1 is 1.36 bits per heavy atom. The summed E-state index contributed by atoms with van der Waals surface area (Å²) in [6.45, 7) is 4.42. The highest BCUT2D eigenvalue weighted by Gasteiger charge is 2.08. The first-order chi connectivity index (χ1) is 13.5. The highest BCUT2D eigenvalue weighted by molar-refractivity contribution is 6.08. The Kier molecular flexibility index (Phi) is 7.53. The molecule has 2 heterocycles. The molecule has 0 aromatic carbocycles. The number of hydrogen-bond donors (Lipinski definition) is 5.